The Morgan fingerprint density at radius 1 is 1.00 bits per heavy atom. The minimum Gasteiger partial charge on any atom is -0.488 e. The lowest BCUT2D eigenvalue weighted by Gasteiger charge is -2.16. The van der Waals surface area contributed by atoms with E-state index in [0.717, 1.165) is 11.6 Å². The van der Waals surface area contributed by atoms with Crippen LogP contribution in [-0.2, 0) is 24.1 Å². The Bertz CT molecular complexity index is 630. The second kappa shape index (κ2) is 8.70. The van der Waals surface area contributed by atoms with Gasteiger partial charge in [-0.15, -0.1) is 0 Å². The number of ether oxygens (including phenoxy) is 2. The molecule has 0 fully saturated rings. The van der Waals surface area contributed by atoms with Crippen LogP contribution >= 0.6 is 0 Å². The first-order valence-electron chi connectivity index (χ1n) is 7.57. The molecule has 0 aromatic heterocycles. The molecule has 0 unspecified atom stereocenters. The predicted molar refractivity (Wildman–Crippen MR) is 85.8 cm³/mol. The molecule has 6 heteroatoms. The topological polar surface area (TPSA) is 30.5 Å². The standard InChI is InChI=1S/C18H20F3NO2/c1-23-10-9-22-12-15-7-8-17(16(11-15)18(19,20)21)24-13-14-5-3-2-4-6-14/h2-8,11,22H,9-10,12-13H2,1H3. The third kappa shape index (κ3) is 5.54. The fraction of sp³-hybridized carbons (Fsp3) is 0.333. The molecule has 0 atom stereocenters. The summed E-state index contributed by atoms with van der Waals surface area (Å²) in [6.07, 6.45) is -4.46. The maximum absolute atomic E-state index is 13.3. The highest BCUT2D eigenvalue weighted by molar-refractivity contribution is 5.39. The fourth-order valence-corrected chi connectivity index (χ4v) is 2.18. The van der Waals surface area contributed by atoms with E-state index in [2.05, 4.69) is 5.32 Å². The minimum absolute atomic E-state index is 0.0926. The average molecular weight is 339 g/mol. The summed E-state index contributed by atoms with van der Waals surface area (Å²) < 4.78 is 50.1. The van der Waals surface area contributed by atoms with Crippen LogP contribution in [0.2, 0.25) is 0 Å². The van der Waals surface area contributed by atoms with Gasteiger partial charge in [0.1, 0.15) is 12.4 Å². The molecular weight excluding hydrogens is 319 g/mol. The van der Waals surface area contributed by atoms with Crippen LogP contribution in [-0.4, -0.2) is 20.3 Å². The first kappa shape index (κ1) is 18.3. The van der Waals surface area contributed by atoms with Gasteiger partial charge in [0.05, 0.1) is 12.2 Å². The van der Waals surface area contributed by atoms with Gasteiger partial charge in [-0.1, -0.05) is 36.4 Å². The number of nitrogens with one attached hydrogen (secondary N) is 1. The summed E-state index contributed by atoms with van der Waals surface area (Å²) in [4.78, 5) is 0. The van der Waals surface area contributed by atoms with Crippen LogP contribution in [0, 0.1) is 0 Å². The van der Waals surface area contributed by atoms with Gasteiger partial charge in [0.25, 0.3) is 0 Å². The zero-order valence-corrected chi connectivity index (χ0v) is 13.4. The van der Waals surface area contributed by atoms with E-state index < -0.39 is 11.7 Å². The van der Waals surface area contributed by atoms with E-state index >= 15 is 0 Å². The Hall–Kier alpha value is -2.05. The van der Waals surface area contributed by atoms with Gasteiger partial charge < -0.3 is 14.8 Å². The Morgan fingerprint density at radius 2 is 1.75 bits per heavy atom. The molecule has 2 aromatic carbocycles. The van der Waals surface area contributed by atoms with Crippen LogP contribution in [0.1, 0.15) is 16.7 Å². The predicted octanol–water partition coefficient (Wildman–Crippen LogP) is 4.02. The Kier molecular flexibility index (Phi) is 6.63. The molecule has 0 radical (unpaired) electrons. The van der Waals surface area contributed by atoms with Crippen LogP contribution in [0.3, 0.4) is 0 Å². The highest BCUT2D eigenvalue weighted by Gasteiger charge is 2.34. The summed E-state index contributed by atoms with van der Waals surface area (Å²) in [5.41, 5.74) is 0.603. The van der Waals surface area contributed by atoms with Gasteiger partial charge in [-0.05, 0) is 23.3 Å². The molecule has 3 nitrogen and oxygen atoms in total. The van der Waals surface area contributed by atoms with Crippen LogP contribution < -0.4 is 10.1 Å². The molecule has 2 aromatic rings. The number of hydrogen-bond acceptors (Lipinski definition) is 3. The summed E-state index contributed by atoms with van der Waals surface area (Å²) in [6, 6.07) is 13.2. The minimum atomic E-state index is -4.46. The van der Waals surface area contributed by atoms with Crippen molar-refractivity contribution < 1.29 is 22.6 Å². The molecule has 0 amide bonds. The largest absolute Gasteiger partial charge is 0.488 e. The van der Waals surface area contributed by atoms with E-state index in [0.29, 0.717) is 25.3 Å². The first-order chi connectivity index (χ1) is 11.5. The maximum Gasteiger partial charge on any atom is 0.419 e. The lowest BCUT2D eigenvalue weighted by molar-refractivity contribution is -0.139. The van der Waals surface area contributed by atoms with Crippen molar-refractivity contribution in [2.45, 2.75) is 19.3 Å². The zero-order valence-electron chi connectivity index (χ0n) is 13.4. The molecule has 1 N–H and O–H groups in total. The van der Waals surface area contributed by atoms with Crippen molar-refractivity contribution in [3.8, 4) is 5.75 Å². The van der Waals surface area contributed by atoms with E-state index in [-0.39, 0.29) is 12.4 Å². The van der Waals surface area contributed by atoms with E-state index in [4.69, 9.17) is 9.47 Å². The number of hydrogen-bond donors (Lipinski definition) is 1. The van der Waals surface area contributed by atoms with Gasteiger partial charge in [0.15, 0.2) is 0 Å². The van der Waals surface area contributed by atoms with Gasteiger partial charge in [-0.2, -0.15) is 13.2 Å². The highest BCUT2D eigenvalue weighted by atomic mass is 19.4. The van der Waals surface area contributed by atoms with Crippen molar-refractivity contribution in [2.75, 3.05) is 20.3 Å². The van der Waals surface area contributed by atoms with Crippen LogP contribution in [0.5, 0.6) is 5.75 Å². The monoisotopic (exact) mass is 339 g/mol. The fourth-order valence-electron chi connectivity index (χ4n) is 2.18. The SMILES string of the molecule is COCCNCc1ccc(OCc2ccccc2)c(C(F)(F)F)c1. The van der Waals surface area contributed by atoms with Crippen molar-refractivity contribution in [1.82, 2.24) is 5.32 Å². The molecule has 0 bridgehead atoms. The Morgan fingerprint density at radius 3 is 2.42 bits per heavy atom. The number of rotatable bonds is 8. The van der Waals surface area contributed by atoms with E-state index in [1.807, 2.05) is 18.2 Å². The quantitative estimate of drug-likeness (QED) is 0.737. The van der Waals surface area contributed by atoms with Crippen LogP contribution in [0.25, 0.3) is 0 Å². The lowest BCUT2D eigenvalue weighted by atomic mass is 10.1. The molecular formula is C18H20F3NO2. The van der Waals surface area contributed by atoms with E-state index in [1.54, 1.807) is 25.3 Å². The molecule has 130 valence electrons. The lowest BCUT2D eigenvalue weighted by Crippen LogP contribution is -2.19. The third-order valence-electron chi connectivity index (χ3n) is 3.40. The highest BCUT2D eigenvalue weighted by Crippen LogP contribution is 2.37. The maximum atomic E-state index is 13.3. The number of halogens is 3. The molecule has 24 heavy (non-hydrogen) atoms. The molecule has 0 aliphatic heterocycles. The smallest absolute Gasteiger partial charge is 0.419 e. The summed E-state index contributed by atoms with van der Waals surface area (Å²) in [7, 11) is 1.57. The van der Waals surface area contributed by atoms with Gasteiger partial charge >= 0.3 is 6.18 Å². The van der Waals surface area contributed by atoms with E-state index in [1.165, 1.54) is 6.07 Å². The average Bonchev–Trinajstić information content (AvgIpc) is 2.57. The van der Waals surface area contributed by atoms with Gasteiger partial charge in [-0.25, -0.2) is 0 Å². The van der Waals surface area contributed by atoms with E-state index in [9.17, 15) is 13.2 Å². The Balaban J connectivity index is 2.09. The normalized spacial score (nSPS) is 11.5. The van der Waals surface area contributed by atoms with Crippen molar-refractivity contribution >= 4 is 0 Å². The molecule has 0 aliphatic rings. The summed E-state index contributed by atoms with van der Waals surface area (Å²) in [5, 5.41) is 3.03. The molecule has 0 heterocycles. The molecule has 0 spiro atoms. The van der Waals surface area contributed by atoms with Crippen LogP contribution in [0.4, 0.5) is 13.2 Å². The molecule has 2 rings (SSSR count). The first-order valence-corrected chi connectivity index (χ1v) is 7.57. The van der Waals surface area contributed by atoms with Crippen molar-refractivity contribution in [2.24, 2.45) is 0 Å². The number of benzene rings is 2. The molecule has 0 saturated heterocycles. The van der Waals surface area contributed by atoms with Crippen molar-refractivity contribution in [3.05, 3.63) is 65.2 Å². The zero-order chi connectivity index (χ0) is 17.4. The molecule has 0 saturated carbocycles. The summed E-state index contributed by atoms with van der Waals surface area (Å²) in [6.45, 7) is 1.51. The number of methoxy groups -OCH3 is 1. The summed E-state index contributed by atoms with van der Waals surface area (Å²) in [5.74, 6) is -0.160. The van der Waals surface area contributed by atoms with Gasteiger partial charge in [-0.3, -0.25) is 0 Å². The summed E-state index contributed by atoms with van der Waals surface area (Å²) >= 11 is 0. The molecule has 0 aliphatic carbocycles. The van der Waals surface area contributed by atoms with Crippen LogP contribution in [0.15, 0.2) is 48.5 Å². The van der Waals surface area contributed by atoms with Crippen molar-refractivity contribution in [3.63, 3.8) is 0 Å². The number of alkyl halides is 3. The van der Waals surface area contributed by atoms with Gasteiger partial charge in [0, 0.05) is 20.2 Å². The second-order valence-corrected chi connectivity index (χ2v) is 5.27. The second-order valence-electron chi connectivity index (χ2n) is 5.27. The Labute approximate surface area is 139 Å². The van der Waals surface area contributed by atoms with Crippen molar-refractivity contribution in [1.29, 1.82) is 0 Å². The van der Waals surface area contributed by atoms with Gasteiger partial charge in [0.2, 0.25) is 0 Å². The third-order valence-corrected chi connectivity index (χ3v) is 3.40.